The summed E-state index contributed by atoms with van der Waals surface area (Å²) in [7, 11) is 0. The van der Waals surface area contributed by atoms with Gasteiger partial charge in [-0.1, -0.05) is 55.3 Å². The van der Waals surface area contributed by atoms with Gasteiger partial charge in [-0.3, -0.25) is 9.55 Å². The lowest BCUT2D eigenvalue weighted by Gasteiger charge is -2.46. The third-order valence-corrected chi connectivity index (χ3v) is 5.95. The number of para-hydroxylation sites is 2. The van der Waals surface area contributed by atoms with Crippen molar-refractivity contribution in [1.82, 2.24) is 4.65 Å². The number of nitrogens with zero attached hydrogens (tertiary/aromatic N) is 3. The van der Waals surface area contributed by atoms with Crippen LogP contribution in [0.3, 0.4) is 0 Å². The van der Waals surface area contributed by atoms with E-state index in [9.17, 15) is 5.21 Å². The molecule has 25 heavy (non-hydrogen) atoms. The molecule has 0 spiro atoms. The molecular formula is C21H23N3O. The minimum absolute atomic E-state index is 0.330. The molecule has 4 nitrogen and oxygen atoms in total. The number of hydroxylamine groups is 2. The Kier molecular flexibility index (Phi) is 3.43. The zero-order chi connectivity index (χ0) is 16.9. The molecule has 128 valence electrons. The normalized spacial score (nSPS) is 30.3. The third kappa shape index (κ3) is 2.32. The minimum atomic E-state index is -0.371. The Bertz CT molecular complexity index is 819. The van der Waals surface area contributed by atoms with Crippen LogP contribution in [0.5, 0.6) is 0 Å². The predicted molar refractivity (Wildman–Crippen MR) is 102 cm³/mol. The fourth-order valence-corrected chi connectivity index (χ4v) is 4.72. The van der Waals surface area contributed by atoms with E-state index in [0.29, 0.717) is 31.0 Å². The van der Waals surface area contributed by atoms with Crippen LogP contribution >= 0.6 is 0 Å². The average Bonchev–Trinajstić information content (AvgIpc) is 2.89. The van der Waals surface area contributed by atoms with E-state index < -0.39 is 0 Å². The Morgan fingerprint density at radius 1 is 1.00 bits per heavy atom. The molecule has 3 aliphatic rings. The van der Waals surface area contributed by atoms with Crippen LogP contribution in [-0.4, -0.2) is 18.5 Å². The molecule has 2 aliphatic heterocycles. The topological polar surface area (TPSA) is 38.7 Å². The van der Waals surface area contributed by atoms with Crippen molar-refractivity contribution in [3.05, 3.63) is 65.4 Å². The zero-order valence-electron chi connectivity index (χ0n) is 14.3. The van der Waals surface area contributed by atoms with Gasteiger partial charge < -0.3 is 5.21 Å². The monoisotopic (exact) mass is 333 g/mol. The first-order chi connectivity index (χ1) is 12.3. The lowest BCUT2D eigenvalue weighted by molar-refractivity contribution is 0.251. The molecule has 0 amide bonds. The molecule has 1 saturated carbocycles. The van der Waals surface area contributed by atoms with Crippen molar-refractivity contribution < 1.29 is 0 Å². The van der Waals surface area contributed by atoms with Gasteiger partial charge in [0.2, 0.25) is 0 Å². The second-order valence-electron chi connectivity index (χ2n) is 7.52. The fraction of sp³-hybridized carbons (Fsp3) is 0.381. The SMILES string of the molecule is [O-][N+]12CC3CCCCC3N=C1N(Cc1ccccc1)c1ccccc12. The lowest BCUT2D eigenvalue weighted by Crippen LogP contribution is -2.59. The Balaban J connectivity index is 1.61. The molecule has 2 aromatic rings. The quantitative estimate of drug-likeness (QED) is 0.602. The maximum absolute atomic E-state index is 13.9. The molecular weight excluding hydrogens is 310 g/mol. The summed E-state index contributed by atoms with van der Waals surface area (Å²) in [5.74, 6) is 1.13. The molecule has 0 radical (unpaired) electrons. The number of benzene rings is 2. The van der Waals surface area contributed by atoms with E-state index in [1.54, 1.807) is 0 Å². The summed E-state index contributed by atoms with van der Waals surface area (Å²) in [5, 5.41) is 13.9. The summed E-state index contributed by atoms with van der Waals surface area (Å²) in [5.41, 5.74) is 3.10. The first-order valence-corrected chi connectivity index (χ1v) is 9.34. The first-order valence-electron chi connectivity index (χ1n) is 9.34. The van der Waals surface area contributed by atoms with Gasteiger partial charge in [0.15, 0.2) is 5.69 Å². The smallest absolute Gasteiger partial charge is 0.310 e. The largest absolute Gasteiger partial charge is 0.619 e. The van der Waals surface area contributed by atoms with E-state index in [0.717, 1.165) is 24.2 Å². The Hall–Kier alpha value is -2.17. The minimum Gasteiger partial charge on any atom is -0.619 e. The molecule has 1 fully saturated rings. The zero-order valence-corrected chi connectivity index (χ0v) is 14.3. The van der Waals surface area contributed by atoms with E-state index in [1.165, 1.54) is 18.4 Å². The van der Waals surface area contributed by atoms with Crippen molar-refractivity contribution in [2.75, 3.05) is 11.4 Å². The number of anilines is 1. The number of rotatable bonds is 2. The van der Waals surface area contributed by atoms with Gasteiger partial charge in [0.25, 0.3) is 0 Å². The predicted octanol–water partition coefficient (Wildman–Crippen LogP) is 4.44. The molecule has 5 rings (SSSR count). The molecule has 0 aromatic heterocycles. The molecule has 1 aliphatic carbocycles. The van der Waals surface area contributed by atoms with Crippen molar-refractivity contribution in [3.8, 4) is 0 Å². The molecule has 4 heteroatoms. The molecule has 2 aromatic carbocycles. The highest BCUT2D eigenvalue weighted by Crippen LogP contribution is 2.47. The Morgan fingerprint density at radius 3 is 2.64 bits per heavy atom. The lowest BCUT2D eigenvalue weighted by atomic mass is 9.83. The molecule has 3 unspecified atom stereocenters. The van der Waals surface area contributed by atoms with Crippen LogP contribution in [0.15, 0.2) is 59.6 Å². The summed E-state index contributed by atoms with van der Waals surface area (Å²) in [4.78, 5) is 7.19. The van der Waals surface area contributed by atoms with Crippen LogP contribution in [0.4, 0.5) is 11.4 Å². The number of hydrogen-bond donors (Lipinski definition) is 0. The Morgan fingerprint density at radius 2 is 1.76 bits per heavy atom. The van der Waals surface area contributed by atoms with E-state index in [2.05, 4.69) is 35.2 Å². The highest BCUT2D eigenvalue weighted by Gasteiger charge is 2.50. The van der Waals surface area contributed by atoms with Gasteiger partial charge in [-0.05, 0) is 24.5 Å². The second kappa shape index (κ2) is 5.68. The van der Waals surface area contributed by atoms with Gasteiger partial charge in [-0.25, -0.2) is 4.99 Å². The highest BCUT2D eigenvalue weighted by atomic mass is 16.6. The third-order valence-electron chi connectivity index (χ3n) is 5.95. The summed E-state index contributed by atoms with van der Waals surface area (Å²) in [6, 6.07) is 18.8. The van der Waals surface area contributed by atoms with E-state index >= 15 is 0 Å². The van der Waals surface area contributed by atoms with Crippen molar-refractivity contribution in [2.45, 2.75) is 38.3 Å². The summed E-state index contributed by atoms with van der Waals surface area (Å²) < 4.78 is -0.371. The molecule has 3 atom stereocenters. The molecule has 0 N–H and O–H groups in total. The van der Waals surface area contributed by atoms with Crippen LogP contribution < -0.4 is 9.55 Å². The maximum Gasteiger partial charge on any atom is 0.310 e. The number of quaternary nitrogens is 1. The van der Waals surface area contributed by atoms with E-state index in [1.807, 2.05) is 24.3 Å². The fourth-order valence-electron chi connectivity index (χ4n) is 4.72. The van der Waals surface area contributed by atoms with Crippen LogP contribution in [0, 0.1) is 11.1 Å². The summed E-state index contributed by atoms with van der Waals surface area (Å²) in [6.07, 6.45) is 4.75. The van der Waals surface area contributed by atoms with Gasteiger partial charge in [-0.15, -0.1) is 0 Å². The van der Waals surface area contributed by atoms with Crippen LogP contribution in [0.2, 0.25) is 0 Å². The van der Waals surface area contributed by atoms with Gasteiger partial charge in [0.1, 0.15) is 5.69 Å². The number of hydrogen-bond acceptors (Lipinski definition) is 3. The number of aliphatic imine (C=N–C) groups is 1. The standard InChI is InChI=1S/C21H23N3O/c25-24-15-17-10-4-5-11-18(17)22-21(24)23(14-16-8-2-1-3-9-16)19-12-6-7-13-20(19)24/h1-3,6-9,12-13,17-18H,4-5,10-11,14-15H2. The maximum atomic E-state index is 13.9. The second-order valence-corrected chi connectivity index (χ2v) is 7.52. The highest BCUT2D eigenvalue weighted by molar-refractivity contribution is 6.13. The first kappa shape index (κ1) is 15.1. The van der Waals surface area contributed by atoms with Gasteiger partial charge in [0, 0.05) is 12.0 Å². The summed E-state index contributed by atoms with van der Waals surface area (Å²) >= 11 is 0. The van der Waals surface area contributed by atoms with E-state index in [4.69, 9.17) is 4.99 Å². The average molecular weight is 333 g/mol. The van der Waals surface area contributed by atoms with Crippen LogP contribution in [0.1, 0.15) is 31.2 Å². The van der Waals surface area contributed by atoms with Crippen LogP contribution in [-0.2, 0) is 6.54 Å². The van der Waals surface area contributed by atoms with Gasteiger partial charge in [-0.2, -0.15) is 0 Å². The van der Waals surface area contributed by atoms with Crippen molar-refractivity contribution in [2.24, 2.45) is 10.9 Å². The number of fused-ring (bicyclic) bond motifs is 4. The van der Waals surface area contributed by atoms with Crippen LogP contribution in [0.25, 0.3) is 0 Å². The van der Waals surface area contributed by atoms with Gasteiger partial charge in [0.05, 0.1) is 19.1 Å². The van der Waals surface area contributed by atoms with Crippen molar-refractivity contribution in [1.29, 1.82) is 0 Å². The summed E-state index contributed by atoms with van der Waals surface area (Å²) in [6.45, 7) is 1.35. The molecule has 2 heterocycles. The van der Waals surface area contributed by atoms with Gasteiger partial charge >= 0.3 is 5.96 Å². The Labute approximate surface area is 148 Å². The molecule has 0 saturated heterocycles. The molecule has 0 bridgehead atoms. The van der Waals surface area contributed by atoms with E-state index in [-0.39, 0.29) is 4.65 Å². The number of guanidine groups is 1. The van der Waals surface area contributed by atoms with Crippen molar-refractivity contribution in [3.63, 3.8) is 0 Å². The van der Waals surface area contributed by atoms with Crippen molar-refractivity contribution >= 4 is 17.3 Å².